The maximum atomic E-state index is 12.3. The van der Waals surface area contributed by atoms with Gasteiger partial charge in [-0.15, -0.1) is 0 Å². The Hall–Kier alpha value is -0.860. The van der Waals surface area contributed by atoms with Crippen LogP contribution in [0.5, 0.6) is 0 Å². The largest absolute Gasteiger partial charge is 0.357 e. The van der Waals surface area contributed by atoms with Gasteiger partial charge in [-0.2, -0.15) is 0 Å². The Bertz CT molecular complexity index is 597. The van der Waals surface area contributed by atoms with Crippen LogP contribution in [0.2, 0.25) is 0 Å². The number of likely N-dealkylation sites (N-methyl/N-ethyl adjacent to an activating group) is 1. The van der Waals surface area contributed by atoms with E-state index in [0.29, 0.717) is 19.0 Å². The predicted octanol–water partition coefficient (Wildman–Crippen LogP) is 0.735. The summed E-state index contributed by atoms with van der Waals surface area (Å²) in [6, 6.07) is 0. The molecule has 2 rings (SSSR count). The average Bonchev–Trinajstić information content (AvgIpc) is 2.61. The monoisotopic (exact) mass is 401 g/mol. The molecule has 1 N–H and O–H groups in total. The van der Waals surface area contributed by atoms with Crippen molar-refractivity contribution >= 4 is 15.8 Å². The second-order valence-corrected chi connectivity index (χ2v) is 11.3. The molecule has 0 aromatic carbocycles. The molecule has 0 aliphatic carbocycles. The van der Waals surface area contributed by atoms with Crippen molar-refractivity contribution in [2.45, 2.75) is 39.4 Å². The van der Waals surface area contributed by atoms with E-state index in [0.717, 1.165) is 58.3 Å². The molecule has 0 saturated carbocycles. The molecule has 0 spiro atoms. The highest BCUT2D eigenvalue weighted by Crippen LogP contribution is 2.23. The van der Waals surface area contributed by atoms with E-state index < -0.39 is 14.6 Å². The Morgan fingerprint density at radius 2 is 1.74 bits per heavy atom. The third kappa shape index (κ3) is 6.06. The van der Waals surface area contributed by atoms with Gasteiger partial charge in [0.05, 0.1) is 10.5 Å². The first-order valence-electron chi connectivity index (χ1n) is 10.4. The Kier molecular flexibility index (Phi) is 7.94. The fraction of sp³-hybridized carbons (Fsp3) is 0.947. The van der Waals surface area contributed by atoms with Crippen molar-refractivity contribution in [3.05, 3.63) is 0 Å². The van der Waals surface area contributed by atoms with Gasteiger partial charge in [-0.3, -0.25) is 4.99 Å². The number of nitrogens with zero attached hydrogens (tertiary/aromatic N) is 4. The van der Waals surface area contributed by atoms with Crippen molar-refractivity contribution in [1.82, 2.24) is 20.0 Å². The quantitative estimate of drug-likeness (QED) is 0.523. The predicted molar refractivity (Wildman–Crippen MR) is 113 cm³/mol. The molecule has 27 heavy (non-hydrogen) atoms. The number of piperazine rings is 1. The number of sulfone groups is 1. The first-order chi connectivity index (χ1) is 12.7. The summed E-state index contributed by atoms with van der Waals surface area (Å²) in [6.45, 7) is 19.5. The van der Waals surface area contributed by atoms with Gasteiger partial charge in [0.25, 0.3) is 0 Å². The number of guanidine groups is 1. The van der Waals surface area contributed by atoms with Crippen LogP contribution in [0.1, 0.15) is 34.6 Å². The van der Waals surface area contributed by atoms with E-state index in [4.69, 9.17) is 4.99 Å². The fourth-order valence-electron chi connectivity index (χ4n) is 3.78. The van der Waals surface area contributed by atoms with Gasteiger partial charge in [-0.1, -0.05) is 13.8 Å². The minimum atomic E-state index is -3.03. The maximum absolute atomic E-state index is 12.3. The van der Waals surface area contributed by atoms with Crippen LogP contribution in [0.15, 0.2) is 4.99 Å². The first-order valence-corrected chi connectivity index (χ1v) is 12.0. The van der Waals surface area contributed by atoms with E-state index in [1.54, 1.807) is 0 Å². The van der Waals surface area contributed by atoms with Gasteiger partial charge < -0.3 is 20.0 Å². The summed E-state index contributed by atoms with van der Waals surface area (Å²) in [5.41, 5.74) is 0. The molecule has 2 heterocycles. The van der Waals surface area contributed by atoms with Crippen LogP contribution >= 0.6 is 0 Å². The lowest BCUT2D eigenvalue weighted by atomic mass is 10.1. The smallest absolute Gasteiger partial charge is 0.194 e. The lowest BCUT2D eigenvalue weighted by Gasteiger charge is -2.39. The highest BCUT2D eigenvalue weighted by molar-refractivity contribution is 7.92. The summed E-state index contributed by atoms with van der Waals surface area (Å²) in [5.74, 6) is 1.53. The van der Waals surface area contributed by atoms with Crippen molar-refractivity contribution in [3.8, 4) is 0 Å². The molecule has 8 heteroatoms. The van der Waals surface area contributed by atoms with Crippen LogP contribution in [-0.2, 0) is 9.84 Å². The molecule has 7 nitrogen and oxygen atoms in total. The standard InChI is InChI=1S/C19H39N5O2S/c1-6-20-18(24-12-13-27(25,26)19(4,5)16-24)21-14-17(3)15-23-10-8-22(7-2)9-11-23/h17H,6-16H2,1-5H3,(H,20,21). The summed E-state index contributed by atoms with van der Waals surface area (Å²) < 4.78 is 23.8. The molecule has 0 radical (unpaired) electrons. The normalized spacial score (nSPS) is 25.4. The van der Waals surface area contributed by atoms with Gasteiger partial charge in [-0.05, 0) is 33.2 Å². The van der Waals surface area contributed by atoms with Crippen molar-refractivity contribution in [2.75, 3.05) is 71.2 Å². The second kappa shape index (κ2) is 9.56. The van der Waals surface area contributed by atoms with E-state index in [1.807, 2.05) is 13.8 Å². The Morgan fingerprint density at radius 1 is 1.11 bits per heavy atom. The Balaban J connectivity index is 1.91. The zero-order valence-electron chi connectivity index (χ0n) is 17.9. The summed E-state index contributed by atoms with van der Waals surface area (Å²) in [7, 11) is -3.03. The third-order valence-electron chi connectivity index (χ3n) is 5.71. The SMILES string of the molecule is CCNC(=NCC(C)CN1CCN(CC)CC1)N1CCS(=O)(=O)C(C)(C)C1. The van der Waals surface area contributed by atoms with Crippen LogP contribution in [0.3, 0.4) is 0 Å². The summed E-state index contributed by atoms with van der Waals surface area (Å²) in [4.78, 5) is 12.0. The second-order valence-electron chi connectivity index (χ2n) is 8.53. The van der Waals surface area contributed by atoms with Crippen LogP contribution in [0, 0.1) is 5.92 Å². The molecule has 0 aromatic heterocycles. The van der Waals surface area contributed by atoms with Crippen molar-refractivity contribution in [1.29, 1.82) is 0 Å². The van der Waals surface area contributed by atoms with Gasteiger partial charge in [0.15, 0.2) is 15.8 Å². The zero-order valence-corrected chi connectivity index (χ0v) is 18.7. The summed E-state index contributed by atoms with van der Waals surface area (Å²) in [5, 5.41) is 3.35. The number of nitrogens with one attached hydrogen (secondary N) is 1. The molecule has 1 unspecified atom stereocenters. The Labute approximate surface area is 166 Å². The average molecular weight is 402 g/mol. The highest BCUT2D eigenvalue weighted by atomic mass is 32.2. The van der Waals surface area contributed by atoms with Gasteiger partial charge in [0.2, 0.25) is 0 Å². The lowest BCUT2D eigenvalue weighted by molar-refractivity contribution is 0.125. The molecule has 0 aromatic rings. The van der Waals surface area contributed by atoms with Gasteiger partial charge in [-0.25, -0.2) is 8.42 Å². The van der Waals surface area contributed by atoms with Crippen LogP contribution in [-0.4, -0.2) is 105 Å². The molecule has 2 saturated heterocycles. The topological polar surface area (TPSA) is 68.2 Å². The third-order valence-corrected chi connectivity index (χ3v) is 8.25. The maximum Gasteiger partial charge on any atom is 0.194 e. The number of hydrogen-bond acceptors (Lipinski definition) is 5. The van der Waals surface area contributed by atoms with Gasteiger partial charge in [0.1, 0.15) is 0 Å². The Morgan fingerprint density at radius 3 is 2.30 bits per heavy atom. The van der Waals surface area contributed by atoms with E-state index in [9.17, 15) is 8.42 Å². The molecule has 2 aliphatic heterocycles. The molecule has 158 valence electrons. The molecule has 2 fully saturated rings. The van der Waals surface area contributed by atoms with Gasteiger partial charge >= 0.3 is 0 Å². The number of rotatable bonds is 6. The molecular weight excluding hydrogens is 362 g/mol. The van der Waals surface area contributed by atoms with E-state index in [2.05, 4.69) is 40.8 Å². The van der Waals surface area contributed by atoms with E-state index in [1.165, 1.54) is 0 Å². The minimum Gasteiger partial charge on any atom is -0.357 e. The van der Waals surface area contributed by atoms with E-state index in [-0.39, 0.29) is 5.75 Å². The summed E-state index contributed by atoms with van der Waals surface area (Å²) in [6.07, 6.45) is 0. The highest BCUT2D eigenvalue weighted by Gasteiger charge is 2.41. The van der Waals surface area contributed by atoms with E-state index >= 15 is 0 Å². The molecule has 0 amide bonds. The first kappa shape index (κ1) is 22.4. The molecule has 2 aliphatic rings. The minimum absolute atomic E-state index is 0.196. The van der Waals surface area contributed by atoms with Gasteiger partial charge in [0, 0.05) is 58.9 Å². The van der Waals surface area contributed by atoms with Crippen molar-refractivity contribution < 1.29 is 8.42 Å². The lowest BCUT2D eigenvalue weighted by Crippen LogP contribution is -2.57. The molecule has 1 atom stereocenters. The van der Waals surface area contributed by atoms with Crippen LogP contribution in [0.25, 0.3) is 0 Å². The van der Waals surface area contributed by atoms with Crippen molar-refractivity contribution in [3.63, 3.8) is 0 Å². The number of aliphatic imine (C=N–C) groups is 1. The van der Waals surface area contributed by atoms with Crippen LogP contribution in [0.4, 0.5) is 0 Å². The number of hydrogen-bond donors (Lipinski definition) is 1. The molecular formula is C19H39N5O2S. The van der Waals surface area contributed by atoms with Crippen LogP contribution < -0.4 is 5.32 Å². The summed E-state index contributed by atoms with van der Waals surface area (Å²) >= 11 is 0. The molecule has 0 bridgehead atoms. The van der Waals surface area contributed by atoms with Crippen molar-refractivity contribution in [2.24, 2.45) is 10.9 Å². The zero-order chi connectivity index (χ0) is 20.1. The fourth-order valence-corrected chi connectivity index (χ4v) is 5.15.